The topological polar surface area (TPSA) is 177 Å². The van der Waals surface area contributed by atoms with Crippen LogP contribution in [-0.4, -0.2) is 77.2 Å². The molecule has 0 aromatic rings. The summed E-state index contributed by atoms with van der Waals surface area (Å²) >= 11 is 0. The van der Waals surface area contributed by atoms with Crippen molar-refractivity contribution in [1.82, 2.24) is 20.9 Å². The zero-order valence-electron chi connectivity index (χ0n) is 24.2. The van der Waals surface area contributed by atoms with Crippen molar-refractivity contribution in [1.29, 1.82) is 0 Å². The molecule has 3 aliphatic rings. The lowest BCUT2D eigenvalue weighted by molar-refractivity contribution is -0.147. The number of hydrogen-bond donors (Lipinski definition) is 4. The lowest BCUT2D eigenvalue weighted by Gasteiger charge is -2.34. The van der Waals surface area contributed by atoms with Crippen LogP contribution in [0.25, 0.3) is 0 Å². The van der Waals surface area contributed by atoms with E-state index in [2.05, 4.69) is 16.0 Å². The maximum Gasteiger partial charge on any atom is 0.330 e. The second kappa shape index (κ2) is 12.0. The Bertz CT molecular complexity index is 1080. The van der Waals surface area contributed by atoms with Gasteiger partial charge in [0.05, 0.1) is 6.04 Å². The van der Waals surface area contributed by atoms with E-state index in [1.54, 1.807) is 27.7 Å². The normalized spacial score (nSPS) is 24.8. The molecule has 1 saturated heterocycles. The van der Waals surface area contributed by atoms with Crippen molar-refractivity contribution in [2.24, 2.45) is 28.9 Å². The highest BCUT2D eigenvalue weighted by Gasteiger charge is 2.69. The van der Waals surface area contributed by atoms with Gasteiger partial charge in [0, 0.05) is 18.2 Å². The van der Waals surface area contributed by atoms with Gasteiger partial charge in [0.1, 0.15) is 18.7 Å². The fourth-order valence-corrected chi connectivity index (χ4v) is 5.79. The number of nitrogens with zero attached hydrogens (tertiary/aromatic N) is 1. The van der Waals surface area contributed by atoms with Crippen LogP contribution in [0.2, 0.25) is 0 Å². The molecule has 3 rings (SSSR count). The summed E-state index contributed by atoms with van der Waals surface area (Å²) < 4.78 is 5.20. The predicted octanol–water partition coefficient (Wildman–Crippen LogP) is 0.784. The zero-order chi connectivity index (χ0) is 30.0. The SMILES string of the molecule is C/C=C/C(=O)OC[C@H](NC(=O)NC(C)(C)C)C(=O)N1C[C@H]2C([C@H]1C(=O)NC(CC1CCC1)C(=O)C(N)=O)C2(C)C. The second-order valence-corrected chi connectivity index (χ2v) is 12.7. The van der Waals surface area contributed by atoms with Crippen molar-refractivity contribution in [3.8, 4) is 0 Å². The molecule has 2 saturated carbocycles. The fraction of sp³-hybridized carbons (Fsp3) is 0.714. The molecule has 5 N–H and O–H groups in total. The quantitative estimate of drug-likeness (QED) is 0.164. The number of Topliss-reactive ketones (excluding diaryl/α,β-unsaturated/α-hetero) is 1. The number of esters is 1. The molecule has 0 aromatic heterocycles. The third-order valence-electron chi connectivity index (χ3n) is 8.22. The van der Waals surface area contributed by atoms with E-state index in [4.69, 9.17) is 10.5 Å². The molecule has 2 aliphatic carbocycles. The number of nitrogens with one attached hydrogen (secondary N) is 3. The molecule has 1 aliphatic heterocycles. The number of carbonyl (C=O) groups excluding carboxylic acids is 6. The molecule has 2 unspecified atom stereocenters. The number of primary amides is 1. The highest BCUT2D eigenvalue weighted by Crippen LogP contribution is 2.64. The summed E-state index contributed by atoms with van der Waals surface area (Å²) in [5, 5.41) is 8.02. The fourth-order valence-electron chi connectivity index (χ4n) is 5.79. The van der Waals surface area contributed by atoms with E-state index in [-0.39, 0.29) is 29.7 Å². The number of allylic oxidation sites excluding steroid dienone is 1. The van der Waals surface area contributed by atoms with Gasteiger partial charge in [0.25, 0.3) is 5.91 Å². The van der Waals surface area contributed by atoms with Crippen LogP contribution in [0.15, 0.2) is 12.2 Å². The minimum absolute atomic E-state index is 0.0266. The van der Waals surface area contributed by atoms with Crippen LogP contribution in [0, 0.1) is 23.2 Å². The molecule has 40 heavy (non-hydrogen) atoms. The van der Waals surface area contributed by atoms with Crippen LogP contribution in [0.1, 0.15) is 67.2 Å². The summed E-state index contributed by atoms with van der Waals surface area (Å²) in [6.07, 6.45) is 5.82. The molecule has 0 radical (unpaired) electrons. The number of rotatable bonds is 11. The average Bonchev–Trinajstić information content (AvgIpc) is 3.14. The van der Waals surface area contributed by atoms with E-state index < -0.39 is 65.8 Å². The third-order valence-corrected chi connectivity index (χ3v) is 8.22. The predicted molar refractivity (Wildman–Crippen MR) is 145 cm³/mol. The van der Waals surface area contributed by atoms with Gasteiger partial charge in [-0.1, -0.05) is 39.2 Å². The van der Waals surface area contributed by atoms with Crippen molar-refractivity contribution in [2.75, 3.05) is 13.2 Å². The number of likely N-dealkylation sites (tertiary alicyclic amines) is 1. The molecular formula is C28H43N5O7. The van der Waals surface area contributed by atoms with E-state index in [0.717, 1.165) is 19.3 Å². The number of hydrogen-bond acceptors (Lipinski definition) is 7. The smallest absolute Gasteiger partial charge is 0.330 e. The van der Waals surface area contributed by atoms with Crippen LogP contribution in [0.5, 0.6) is 0 Å². The lowest BCUT2D eigenvalue weighted by Crippen LogP contribution is -2.60. The molecule has 1 heterocycles. The minimum atomic E-state index is -1.26. The lowest BCUT2D eigenvalue weighted by atomic mass is 9.80. The van der Waals surface area contributed by atoms with E-state index in [0.29, 0.717) is 6.42 Å². The van der Waals surface area contributed by atoms with Crippen LogP contribution < -0.4 is 21.7 Å². The Labute approximate surface area is 235 Å². The van der Waals surface area contributed by atoms with E-state index in [9.17, 15) is 28.8 Å². The molecule has 0 bridgehead atoms. The van der Waals surface area contributed by atoms with Crippen molar-refractivity contribution in [3.63, 3.8) is 0 Å². The maximum atomic E-state index is 13.8. The first-order valence-corrected chi connectivity index (χ1v) is 13.9. The highest BCUT2D eigenvalue weighted by molar-refractivity contribution is 6.37. The molecule has 12 nitrogen and oxygen atoms in total. The minimum Gasteiger partial charge on any atom is -0.460 e. The average molecular weight is 562 g/mol. The van der Waals surface area contributed by atoms with Crippen LogP contribution in [0.3, 0.4) is 0 Å². The standard InChI is InChI=1S/C28H43N5O7/c1-7-9-19(34)40-14-18(31-26(39)32-27(2,3)4)25(38)33-13-16-20(28(16,5)6)21(33)24(37)30-17(22(35)23(29)36)12-15-10-8-11-15/h7,9,15-18,20-21H,8,10-14H2,1-6H3,(H2,29,36)(H,30,37)(H2,31,32,39)/b9-7+/t16-,17?,18-,20?,21-/m0/s1. The Morgan fingerprint density at radius 2 is 1.73 bits per heavy atom. The molecule has 5 amide bonds. The van der Waals surface area contributed by atoms with Gasteiger partial charge in [-0.15, -0.1) is 0 Å². The third kappa shape index (κ3) is 7.19. The molecule has 3 fully saturated rings. The van der Waals surface area contributed by atoms with Crippen molar-refractivity contribution in [3.05, 3.63) is 12.2 Å². The number of urea groups is 1. The summed E-state index contributed by atoms with van der Waals surface area (Å²) in [5.41, 5.74) is 4.45. The number of fused-ring (bicyclic) bond motifs is 1. The van der Waals surface area contributed by atoms with Crippen molar-refractivity contribution < 1.29 is 33.5 Å². The Morgan fingerprint density at radius 3 is 2.25 bits per heavy atom. The molecule has 5 atom stereocenters. The second-order valence-electron chi connectivity index (χ2n) is 12.7. The first-order valence-electron chi connectivity index (χ1n) is 13.9. The largest absolute Gasteiger partial charge is 0.460 e. The van der Waals surface area contributed by atoms with Gasteiger partial charge in [0.2, 0.25) is 17.6 Å². The number of amides is 5. The Balaban J connectivity index is 1.82. The molecule has 222 valence electrons. The van der Waals surface area contributed by atoms with Gasteiger partial charge in [-0.2, -0.15) is 0 Å². The van der Waals surface area contributed by atoms with Crippen LogP contribution in [-0.2, 0) is 28.7 Å². The van der Waals surface area contributed by atoms with Crippen molar-refractivity contribution >= 4 is 35.5 Å². The zero-order valence-corrected chi connectivity index (χ0v) is 24.2. The first-order chi connectivity index (χ1) is 18.6. The van der Waals surface area contributed by atoms with Crippen LogP contribution in [0.4, 0.5) is 4.79 Å². The monoisotopic (exact) mass is 561 g/mol. The summed E-state index contributed by atoms with van der Waals surface area (Å²) in [4.78, 5) is 77.8. The molecular weight excluding hydrogens is 518 g/mol. The van der Waals surface area contributed by atoms with E-state index in [1.165, 1.54) is 17.1 Å². The molecule has 0 aromatic carbocycles. The number of nitrogens with two attached hydrogens (primary N) is 1. The Hall–Kier alpha value is -3.44. The van der Waals surface area contributed by atoms with Gasteiger partial charge >= 0.3 is 12.0 Å². The van der Waals surface area contributed by atoms with E-state index >= 15 is 0 Å². The van der Waals surface area contributed by atoms with Crippen LogP contribution >= 0.6 is 0 Å². The summed E-state index contributed by atoms with van der Waals surface area (Å²) in [7, 11) is 0. The Kier molecular flexibility index (Phi) is 9.31. The number of piperidine rings is 1. The first kappa shape index (κ1) is 31.1. The highest BCUT2D eigenvalue weighted by atomic mass is 16.5. The van der Waals surface area contributed by atoms with E-state index in [1.807, 2.05) is 13.8 Å². The van der Waals surface area contributed by atoms with Gasteiger partial charge in [0.15, 0.2) is 0 Å². The molecule has 12 heteroatoms. The van der Waals surface area contributed by atoms with Gasteiger partial charge in [-0.3, -0.25) is 19.2 Å². The van der Waals surface area contributed by atoms with Gasteiger partial charge in [-0.05, 0) is 57.3 Å². The van der Waals surface area contributed by atoms with Gasteiger partial charge < -0.3 is 31.3 Å². The summed E-state index contributed by atoms with van der Waals surface area (Å²) in [6.45, 7) is 10.8. The maximum absolute atomic E-state index is 13.8. The number of ether oxygens (including phenoxy) is 1. The van der Waals surface area contributed by atoms with Gasteiger partial charge in [-0.25, -0.2) is 9.59 Å². The number of ketones is 1. The molecule has 0 spiro atoms. The summed E-state index contributed by atoms with van der Waals surface area (Å²) in [6, 6.07) is -3.89. The number of carbonyl (C=O) groups is 6. The van der Waals surface area contributed by atoms with Crippen molar-refractivity contribution in [2.45, 2.75) is 90.9 Å². The Morgan fingerprint density at radius 1 is 1.07 bits per heavy atom. The summed E-state index contributed by atoms with van der Waals surface area (Å²) in [5.74, 6) is -3.74.